The summed E-state index contributed by atoms with van der Waals surface area (Å²) in [5, 5.41) is 7.09. The van der Waals surface area contributed by atoms with E-state index in [9.17, 15) is 0 Å². The maximum Gasteiger partial charge on any atom is 4.00 e. The molecular formula is C43H48Cl2SiZr. The zero-order valence-corrected chi connectivity index (χ0v) is 33.8. The molecule has 0 amide bonds. The molecule has 1 fully saturated rings. The van der Waals surface area contributed by atoms with Crippen LogP contribution in [-0.2, 0) is 32.6 Å². The number of hydrogen-bond acceptors (Lipinski definition) is 0. The van der Waals surface area contributed by atoms with Crippen LogP contribution in [0.5, 0.6) is 0 Å². The van der Waals surface area contributed by atoms with E-state index in [1.807, 2.05) is 0 Å². The van der Waals surface area contributed by atoms with Gasteiger partial charge in [-0.3, -0.25) is 0 Å². The van der Waals surface area contributed by atoms with Gasteiger partial charge in [-0.25, -0.2) is 0 Å². The first-order valence-corrected chi connectivity index (χ1v) is 20.3. The van der Waals surface area contributed by atoms with Gasteiger partial charge in [0.1, 0.15) is 0 Å². The monoisotopic (exact) mass is 752 g/mol. The van der Waals surface area contributed by atoms with Gasteiger partial charge in [0.05, 0.1) is 8.07 Å². The van der Waals surface area contributed by atoms with Gasteiger partial charge >= 0.3 is 26.2 Å². The molecule has 4 heteroatoms. The Morgan fingerprint density at radius 3 is 1.70 bits per heavy atom. The molecule has 0 unspecified atom stereocenters. The fourth-order valence-corrected chi connectivity index (χ4v) is 8.12. The van der Waals surface area contributed by atoms with Gasteiger partial charge in [-0.2, -0.15) is 12.1 Å². The van der Waals surface area contributed by atoms with E-state index in [-0.39, 0.29) is 51.0 Å². The largest absolute Gasteiger partial charge is 4.00 e. The molecule has 47 heavy (non-hydrogen) atoms. The van der Waals surface area contributed by atoms with Crippen LogP contribution in [-0.4, -0.2) is 8.07 Å². The van der Waals surface area contributed by atoms with Gasteiger partial charge in [-0.1, -0.05) is 130 Å². The van der Waals surface area contributed by atoms with Crippen LogP contribution in [0.25, 0.3) is 43.8 Å². The normalized spacial score (nSPS) is 13.1. The zero-order valence-electron chi connectivity index (χ0n) is 28.8. The van der Waals surface area contributed by atoms with Crippen LogP contribution in [0.1, 0.15) is 75.0 Å². The third kappa shape index (κ3) is 8.88. The third-order valence-corrected chi connectivity index (χ3v) is 11.8. The second-order valence-electron chi connectivity index (χ2n) is 14.2. The molecule has 0 bridgehead atoms. The van der Waals surface area contributed by atoms with Crippen LogP contribution in [0.15, 0.2) is 109 Å². The number of benzene rings is 4. The van der Waals surface area contributed by atoms with Crippen LogP contribution < -0.4 is 30.0 Å². The molecule has 0 radical (unpaired) electrons. The van der Waals surface area contributed by atoms with Crippen molar-refractivity contribution in [1.82, 2.24) is 0 Å². The Morgan fingerprint density at radius 1 is 0.681 bits per heavy atom. The number of hydrogen-bond donors (Lipinski definition) is 0. The first kappa shape index (κ1) is 39.2. The van der Waals surface area contributed by atoms with E-state index in [0.29, 0.717) is 5.92 Å². The Balaban J connectivity index is 0.000000241. The molecule has 0 aliphatic heterocycles. The molecule has 0 atom stereocenters. The fourth-order valence-electron chi connectivity index (χ4n) is 6.95. The summed E-state index contributed by atoms with van der Waals surface area (Å²) in [6, 6.07) is 41.3. The molecule has 1 aliphatic rings. The minimum absolute atomic E-state index is 0. The van der Waals surface area contributed by atoms with E-state index in [4.69, 9.17) is 0 Å². The summed E-state index contributed by atoms with van der Waals surface area (Å²) in [6.45, 7) is 13.9. The van der Waals surface area contributed by atoms with E-state index in [1.165, 1.54) is 85.8 Å². The second kappa shape index (κ2) is 16.9. The van der Waals surface area contributed by atoms with E-state index in [2.05, 4.69) is 150 Å². The Kier molecular flexibility index (Phi) is 14.1. The second-order valence-corrected chi connectivity index (χ2v) is 19.3. The van der Waals surface area contributed by atoms with Gasteiger partial charge < -0.3 is 24.8 Å². The minimum Gasteiger partial charge on any atom is -1.00 e. The Labute approximate surface area is 316 Å². The summed E-state index contributed by atoms with van der Waals surface area (Å²) < 4.78 is 0. The maximum atomic E-state index is 2.46. The summed E-state index contributed by atoms with van der Waals surface area (Å²) >= 11 is 0. The van der Waals surface area contributed by atoms with E-state index in [1.54, 1.807) is 5.56 Å². The molecule has 0 N–H and O–H groups in total. The van der Waals surface area contributed by atoms with Crippen molar-refractivity contribution in [2.75, 3.05) is 0 Å². The predicted molar refractivity (Wildman–Crippen MR) is 198 cm³/mol. The summed E-state index contributed by atoms with van der Waals surface area (Å²) in [5.74, 6) is 1.38. The minimum atomic E-state index is -1.21. The molecule has 242 valence electrons. The van der Waals surface area contributed by atoms with Crippen LogP contribution in [0.3, 0.4) is 0 Å². The van der Waals surface area contributed by atoms with E-state index >= 15 is 0 Å². The van der Waals surface area contributed by atoms with E-state index in [0.717, 1.165) is 12.3 Å². The molecule has 1 saturated carbocycles. The van der Waals surface area contributed by atoms with Crippen LogP contribution in [0.2, 0.25) is 19.6 Å². The summed E-state index contributed by atoms with van der Waals surface area (Å²) in [7, 11) is -1.21. The number of aryl methyl sites for hydroxylation is 1. The molecule has 0 saturated heterocycles. The average molecular weight is 755 g/mol. The van der Waals surface area contributed by atoms with E-state index < -0.39 is 8.07 Å². The van der Waals surface area contributed by atoms with Crippen molar-refractivity contribution in [3.05, 3.63) is 126 Å². The van der Waals surface area contributed by atoms with Gasteiger partial charge in [-0.05, 0) is 47.8 Å². The standard InChI is InChI=1S/C23H25.C20H23Si.2ClH.Zr/c1-16(2)17-10-12-19(13-11-17)22-9-5-8-20-14-21(15-23(20)22)18-6-3-4-7-18;1-5-15-13-17-7-6-8-19(20(17)14-15)16-9-11-18(12-10-16)21(2,3)4;;;/h5,8-16,18H,3-4,6-7H2,1-2H3;6-14H,5H2,1-4H3;2*1H;/q2*-1;;;+4/p-2. The molecular weight excluding hydrogens is 707 g/mol. The third-order valence-electron chi connectivity index (χ3n) is 9.77. The summed E-state index contributed by atoms with van der Waals surface area (Å²) in [4.78, 5) is 0. The fraction of sp³-hybridized carbons (Fsp3) is 0.302. The van der Waals surface area contributed by atoms with Crippen molar-refractivity contribution in [2.24, 2.45) is 0 Å². The van der Waals surface area contributed by atoms with Crippen molar-refractivity contribution in [1.29, 1.82) is 0 Å². The SMILES string of the molecule is CC(C)c1ccc(-c2cccc3[cH-]c(C4CCCC4)cc23)cc1.CCc1cc2c(-c3ccc([Si](C)(C)C)cc3)cccc2[cH-]1.[Cl-].[Cl-].[Zr+4]. The molecule has 0 spiro atoms. The number of fused-ring (bicyclic) bond motifs is 2. The number of rotatable bonds is 6. The molecule has 0 nitrogen and oxygen atoms in total. The van der Waals surface area contributed by atoms with Gasteiger partial charge in [0.15, 0.2) is 0 Å². The van der Waals surface area contributed by atoms with Gasteiger partial charge in [0, 0.05) is 0 Å². The van der Waals surface area contributed by atoms with Crippen molar-refractivity contribution >= 4 is 34.8 Å². The topological polar surface area (TPSA) is 0 Å². The Bertz CT molecular complexity index is 1850. The molecule has 0 heterocycles. The first-order valence-electron chi connectivity index (χ1n) is 16.8. The summed E-state index contributed by atoms with van der Waals surface area (Å²) in [5.41, 5.74) is 9.80. The summed E-state index contributed by atoms with van der Waals surface area (Å²) in [6.07, 6.45) is 6.64. The van der Waals surface area contributed by atoms with Crippen LogP contribution in [0, 0.1) is 0 Å². The Morgan fingerprint density at radius 2 is 1.19 bits per heavy atom. The van der Waals surface area contributed by atoms with Crippen LogP contribution in [0.4, 0.5) is 0 Å². The molecule has 1 aliphatic carbocycles. The van der Waals surface area contributed by atoms with Crippen molar-refractivity contribution in [3.63, 3.8) is 0 Å². The van der Waals surface area contributed by atoms with Crippen LogP contribution >= 0.6 is 0 Å². The quantitative estimate of drug-likeness (QED) is 0.138. The Hall–Kier alpha value is -2.22. The van der Waals surface area contributed by atoms with Crippen molar-refractivity contribution < 1.29 is 51.0 Å². The van der Waals surface area contributed by atoms with Gasteiger partial charge in [-0.15, -0.1) is 69.1 Å². The smallest absolute Gasteiger partial charge is 1.00 e. The van der Waals surface area contributed by atoms with Gasteiger partial charge in [0.2, 0.25) is 0 Å². The first-order chi connectivity index (χ1) is 21.2. The molecule has 7 rings (SSSR count). The van der Waals surface area contributed by atoms with Crippen molar-refractivity contribution in [3.8, 4) is 22.3 Å². The van der Waals surface area contributed by atoms with Crippen molar-refractivity contribution in [2.45, 2.75) is 84.4 Å². The maximum absolute atomic E-state index is 2.46. The molecule has 6 aromatic rings. The molecule has 0 aromatic heterocycles. The molecule has 6 aromatic carbocycles. The number of halogens is 2. The predicted octanol–water partition coefficient (Wildman–Crippen LogP) is 6.35. The zero-order chi connectivity index (χ0) is 30.8. The van der Waals surface area contributed by atoms with Gasteiger partial charge in [0.25, 0.3) is 0 Å². The average Bonchev–Trinajstić information content (AvgIpc) is 3.80.